The molecule has 0 fully saturated rings. The number of rotatable bonds is 2. The first-order valence-corrected chi connectivity index (χ1v) is 5.31. The molecule has 0 unspecified atom stereocenters. The van der Waals surface area contributed by atoms with Gasteiger partial charge in [0.15, 0.2) is 0 Å². The molecule has 0 radical (unpaired) electrons. The average molecular weight is 229 g/mol. The van der Waals surface area contributed by atoms with Crippen LogP contribution in [0.3, 0.4) is 0 Å². The van der Waals surface area contributed by atoms with E-state index in [2.05, 4.69) is 17.6 Å². The van der Waals surface area contributed by atoms with Crippen LogP contribution in [-0.2, 0) is 0 Å². The fourth-order valence-corrected chi connectivity index (χ4v) is 1.53. The maximum absolute atomic E-state index is 9.54. The molecule has 0 bridgehead atoms. The van der Waals surface area contributed by atoms with E-state index in [1.807, 2.05) is 36.4 Å². The van der Waals surface area contributed by atoms with Gasteiger partial charge in [-0.25, -0.2) is 0 Å². The summed E-state index contributed by atoms with van der Waals surface area (Å²) in [5.74, 6) is 0.230. The zero-order valence-corrected chi connectivity index (χ0v) is 9.43. The number of para-hydroxylation sites is 1. The number of thiol groups is 1. The van der Waals surface area contributed by atoms with Gasteiger partial charge in [0.05, 0.1) is 5.69 Å². The molecule has 0 aliphatic rings. The van der Waals surface area contributed by atoms with E-state index in [1.54, 1.807) is 18.3 Å². The van der Waals surface area contributed by atoms with Gasteiger partial charge in [0, 0.05) is 16.7 Å². The number of aromatic hydroxyl groups is 1. The first kappa shape index (κ1) is 10.8. The molecule has 0 saturated heterocycles. The minimum Gasteiger partial charge on any atom is -0.507 e. The maximum atomic E-state index is 9.54. The largest absolute Gasteiger partial charge is 0.507 e. The Bertz CT molecular complexity index is 523. The van der Waals surface area contributed by atoms with Crippen molar-refractivity contribution in [3.05, 3.63) is 54.1 Å². The molecule has 0 saturated carbocycles. The van der Waals surface area contributed by atoms with Gasteiger partial charge in [-0.1, -0.05) is 18.2 Å². The molecule has 1 N–H and O–H groups in total. The topological polar surface area (TPSA) is 32.6 Å². The fraction of sp³-hybridized carbons (Fsp3) is 0. The highest BCUT2D eigenvalue weighted by Crippen LogP contribution is 2.18. The summed E-state index contributed by atoms with van der Waals surface area (Å²) in [4.78, 5) is 5.13. The molecular weight excluding hydrogens is 218 g/mol. The van der Waals surface area contributed by atoms with Crippen LogP contribution in [-0.4, -0.2) is 11.3 Å². The minimum absolute atomic E-state index is 0.230. The zero-order valence-electron chi connectivity index (χ0n) is 8.54. The zero-order chi connectivity index (χ0) is 11.4. The van der Waals surface area contributed by atoms with Crippen LogP contribution in [0.1, 0.15) is 5.56 Å². The van der Waals surface area contributed by atoms with Crippen molar-refractivity contribution in [2.45, 2.75) is 4.90 Å². The van der Waals surface area contributed by atoms with E-state index in [0.717, 1.165) is 10.6 Å². The van der Waals surface area contributed by atoms with Crippen molar-refractivity contribution in [2.75, 3.05) is 0 Å². The number of phenols is 1. The molecule has 2 aromatic rings. The molecule has 0 aromatic heterocycles. The van der Waals surface area contributed by atoms with Crippen LogP contribution in [0, 0.1) is 0 Å². The lowest BCUT2D eigenvalue weighted by atomic mass is 10.2. The van der Waals surface area contributed by atoms with Crippen LogP contribution in [0.5, 0.6) is 5.75 Å². The summed E-state index contributed by atoms with van der Waals surface area (Å²) >= 11 is 4.23. The van der Waals surface area contributed by atoms with E-state index >= 15 is 0 Å². The second kappa shape index (κ2) is 4.86. The number of nitrogens with zero attached hydrogens (tertiary/aromatic N) is 1. The Hall–Kier alpha value is -1.74. The molecule has 0 heterocycles. The van der Waals surface area contributed by atoms with Crippen molar-refractivity contribution in [1.82, 2.24) is 0 Å². The van der Waals surface area contributed by atoms with Gasteiger partial charge in [-0.15, -0.1) is 12.6 Å². The third-order valence-electron chi connectivity index (χ3n) is 2.12. The van der Waals surface area contributed by atoms with E-state index in [4.69, 9.17) is 0 Å². The van der Waals surface area contributed by atoms with Gasteiger partial charge in [-0.05, 0) is 30.3 Å². The molecule has 0 amide bonds. The normalized spacial score (nSPS) is 10.8. The van der Waals surface area contributed by atoms with Crippen molar-refractivity contribution in [1.29, 1.82) is 0 Å². The Morgan fingerprint density at radius 1 is 1.06 bits per heavy atom. The number of phenolic OH excluding ortho intramolecular Hbond substituents is 1. The Morgan fingerprint density at radius 2 is 1.88 bits per heavy atom. The highest BCUT2D eigenvalue weighted by Gasteiger charge is 1.95. The van der Waals surface area contributed by atoms with Gasteiger partial charge in [-0.3, -0.25) is 4.99 Å². The second-order valence-electron chi connectivity index (χ2n) is 3.34. The van der Waals surface area contributed by atoms with Crippen LogP contribution < -0.4 is 0 Å². The monoisotopic (exact) mass is 229 g/mol. The molecule has 2 rings (SSSR count). The second-order valence-corrected chi connectivity index (χ2v) is 3.85. The average Bonchev–Trinajstić information content (AvgIpc) is 2.28. The number of hydrogen-bond acceptors (Lipinski definition) is 3. The Morgan fingerprint density at radius 3 is 2.62 bits per heavy atom. The molecule has 80 valence electrons. The Labute approximate surface area is 99.7 Å². The molecule has 0 atom stereocenters. The van der Waals surface area contributed by atoms with Gasteiger partial charge in [0.2, 0.25) is 0 Å². The third kappa shape index (κ3) is 2.64. The summed E-state index contributed by atoms with van der Waals surface area (Å²) < 4.78 is 0. The van der Waals surface area contributed by atoms with Crippen LogP contribution in [0.15, 0.2) is 58.4 Å². The number of benzene rings is 2. The van der Waals surface area contributed by atoms with Crippen LogP contribution in [0.25, 0.3) is 0 Å². The molecule has 3 heteroatoms. The summed E-state index contributed by atoms with van der Waals surface area (Å²) in [7, 11) is 0. The Balaban J connectivity index is 2.25. The van der Waals surface area contributed by atoms with Gasteiger partial charge in [-0.2, -0.15) is 0 Å². The summed E-state index contributed by atoms with van der Waals surface area (Å²) in [6.07, 6.45) is 1.64. The lowest BCUT2D eigenvalue weighted by molar-refractivity contribution is 0.474. The summed E-state index contributed by atoms with van der Waals surface area (Å²) in [6.45, 7) is 0. The highest BCUT2D eigenvalue weighted by molar-refractivity contribution is 7.80. The van der Waals surface area contributed by atoms with E-state index in [-0.39, 0.29) is 5.75 Å². The first-order chi connectivity index (χ1) is 7.75. The number of aliphatic imine (C=N–C) groups is 1. The molecule has 16 heavy (non-hydrogen) atoms. The van der Waals surface area contributed by atoms with Gasteiger partial charge in [0.25, 0.3) is 0 Å². The first-order valence-electron chi connectivity index (χ1n) is 4.87. The predicted molar refractivity (Wildman–Crippen MR) is 69.1 cm³/mol. The van der Waals surface area contributed by atoms with Crippen LogP contribution in [0.4, 0.5) is 5.69 Å². The third-order valence-corrected chi connectivity index (χ3v) is 2.40. The van der Waals surface area contributed by atoms with Crippen LogP contribution in [0.2, 0.25) is 0 Å². The summed E-state index contributed by atoms with van der Waals surface area (Å²) in [6, 6.07) is 14.6. The fourth-order valence-electron chi connectivity index (χ4n) is 1.31. The van der Waals surface area contributed by atoms with E-state index in [1.165, 1.54) is 0 Å². The van der Waals surface area contributed by atoms with Crippen molar-refractivity contribution in [3.63, 3.8) is 0 Å². The van der Waals surface area contributed by atoms with Gasteiger partial charge < -0.3 is 5.11 Å². The molecular formula is C13H11NOS. The van der Waals surface area contributed by atoms with Crippen molar-refractivity contribution < 1.29 is 5.11 Å². The molecule has 0 spiro atoms. The van der Waals surface area contributed by atoms with Gasteiger partial charge >= 0.3 is 0 Å². The highest BCUT2D eigenvalue weighted by atomic mass is 32.1. The van der Waals surface area contributed by atoms with Gasteiger partial charge in [0.1, 0.15) is 5.75 Å². The van der Waals surface area contributed by atoms with Crippen molar-refractivity contribution in [3.8, 4) is 5.75 Å². The Kier molecular flexibility index (Phi) is 3.27. The van der Waals surface area contributed by atoms with Crippen LogP contribution >= 0.6 is 12.6 Å². The molecule has 0 aliphatic carbocycles. The lowest BCUT2D eigenvalue weighted by Gasteiger charge is -1.97. The molecule has 2 nitrogen and oxygen atoms in total. The minimum atomic E-state index is 0.230. The summed E-state index contributed by atoms with van der Waals surface area (Å²) in [5.41, 5.74) is 1.52. The van der Waals surface area contributed by atoms with Crippen molar-refractivity contribution >= 4 is 24.5 Å². The van der Waals surface area contributed by atoms with Crippen molar-refractivity contribution in [2.24, 2.45) is 4.99 Å². The smallest absolute Gasteiger partial charge is 0.124 e. The quantitative estimate of drug-likeness (QED) is 0.600. The lowest BCUT2D eigenvalue weighted by Crippen LogP contribution is -1.80. The predicted octanol–water partition coefficient (Wildman–Crippen LogP) is 3.43. The number of hydrogen-bond donors (Lipinski definition) is 2. The van der Waals surface area contributed by atoms with E-state index in [0.29, 0.717) is 5.56 Å². The molecule has 0 aliphatic heterocycles. The molecule has 2 aromatic carbocycles. The SMILES string of the molecule is Oc1ccccc1C=Nc1cccc(S)c1. The summed E-state index contributed by atoms with van der Waals surface area (Å²) in [5, 5.41) is 9.54. The van der Waals surface area contributed by atoms with E-state index < -0.39 is 0 Å². The van der Waals surface area contributed by atoms with E-state index in [9.17, 15) is 5.11 Å². The maximum Gasteiger partial charge on any atom is 0.124 e. The standard InChI is InChI=1S/C13H11NOS/c15-13-7-2-1-4-10(13)9-14-11-5-3-6-12(16)8-11/h1-9,15-16H.